The lowest BCUT2D eigenvalue weighted by Gasteiger charge is -2.18. The van der Waals surface area contributed by atoms with Gasteiger partial charge in [0.25, 0.3) is 0 Å². The maximum atomic E-state index is 12.2. The summed E-state index contributed by atoms with van der Waals surface area (Å²) in [5.41, 5.74) is 0. The van der Waals surface area contributed by atoms with Crippen LogP contribution in [0.1, 0.15) is 122 Å². The van der Waals surface area contributed by atoms with Crippen molar-refractivity contribution in [2.24, 2.45) is 0 Å². The number of carboxylic acids is 3. The van der Waals surface area contributed by atoms with Crippen LogP contribution in [0.25, 0.3) is 0 Å². The zero-order valence-electron chi connectivity index (χ0n) is 23.4. The summed E-state index contributed by atoms with van der Waals surface area (Å²) in [5, 5.41) is 45.2. The van der Waals surface area contributed by atoms with Gasteiger partial charge in [-0.25, -0.2) is 4.79 Å². The van der Waals surface area contributed by atoms with Gasteiger partial charge >= 0.3 is 17.9 Å². The molecule has 0 aromatic heterocycles. The molecule has 0 aliphatic carbocycles. The molecule has 11 nitrogen and oxygen atoms in total. The van der Waals surface area contributed by atoms with Crippen LogP contribution in [0, 0.1) is 0 Å². The quantitative estimate of drug-likeness (QED) is 0.0410. The third kappa shape index (κ3) is 23.8. The second kappa shape index (κ2) is 25.2. The molecule has 1 amide bonds. The summed E-state index contributed by atoms with van der Waals surface area (Å²) < 4.78 is 0. The number of aliphatic hydroxyl groups excluding tert-OH is 1. The summed E-state index contributed by atoms with van der Waals surface area (Å²) in [7, 11) is 2.19. The van der Waals surface area contributed by atoms with Crippen molar-refractivity contribution in [3.63, 3.8) is 0 Å². The first-order chi connectivity index (χ1) is 18.7. The van der Waals surface area contributed by atoms with E-state index in [2.05, 4.69) is 25.1 Å². The van der Waals surface area contributed by atoms with E-state index in [0.29, 0.717) is 32.2 Å². The number of carbonyl (C=O) groups is 4. The summed E-state index contributed by atoms with van der Waals surface area (Å²) in [6.45, 7) is 0.477. The van der Waals surface area contributed by atoms with Gasteiger partial charge in [0, 0.05) is 12.8 Å². The smallest absolute Gasteiger partial charge is 0.326 e. The number of carboxylic acid groups (broad SMARTS) is 3. The van der Waals surface area contributed by atoms with Gasteiger partial charge < -0.3 is 25.7 Å². The number of amides is 1. The zero-order chi connectivity index (χ0) is 29.3. The predicted octanol–water partition coefficient (Wildman–Crippen LogP) is 3.79. The largest absolute Gasteiger partial charge is 0.481 e. The number of carbonyl (C=O) groups excluding carboxylic acids is 1. The summed E-state index contributed by atoms with van der Waals surface area (Å²) in [6, 6.07) is -1.67. The van der Waals surface area contributed by atoms with Crippen LogP contribution in [0.4, 0.5) is 0 Å². The summed E-state index contributed by atoms with van der Waals surface area (Å²) in [6.07, 6.45) is 14.3. The number of hydrogen-bond acceptors (Lipinski definition) is 7. The van der Waals surface area contributed by atoms with Gasteiger partial charge in [0.05, 0.1) is 0 Å². The second-order valence-corrected chi connectivity index (χ2v) is 10.5. The van der Waals surface area contributed by atoms with Crippen molar-refractivity contribution in [1.82, 2.24) is 15.7 Å². The predicted molar refractivity (Wildman–Crippen MR) is 153 cm³/mol. The van der Waals surface area contributed by atoms with Gasteiger partial charge in [0.15, 0.2) is 0 Å². The SMILES string of the molecule is O=C(O)CCCCCCCCCCCCCCC(=O)N[C@@H](CCC(O)NCCCC[C@H](NP)C(=O)O)C(=O)O. The molecule has 4 atom stereocenters. The monoisotopic (exact) mass is 577 g/mol. The van der Waals surface area contributed by atoms with E-state index < -0.39 is 36.2 Å². The topological polar surface area (TPSA) is 185 Å². The number of hydrogen-bond donors (Lipinski definition) is 7. The Bertz CT molecular complexity index is 683. The normalized spacial score (nSPS) is 13.5. The lowest BCUT2D eigenvalue weighted by Crippen LogP contribution is -2.42. The molecule has 0 heterocycles. The lowest BCUT2D eigenvalue weighted by atomic mass is 10.0. The summed E-state index contributed by atoms with van der Waals surface area (Å²) >= 11 is 0. The highest BCUT2D eigenvalue weighted by Crippen LogP contribution is 2.13. The third-order valence-electron chi connectivity index (χ3n) is 6.71. The Hall–Kier alpha value is -1.81. The molecule has 2 unspecified atom stereocenters. The Morgan fingerprint density at radius 1 is 0.590 bits per heavy atom. The fourth-order valence-electron chi connectivity index (χ4n) is 4.30. The summed E-state index contributed by atoms with van der Waals surface area (Å²) in [4.78, 5) is 45.1. The fourth-order valence-corrected chi connectivity index (χ4v) is 4.61. The van der Waals surface area contributed by atoms with Gasteiger partial charge in [-0.3, -0.25) is 24.8 Å². The number of rotatable bonds is 28. The van der Waals surface area contributed by atoms with Crippen LogP contribution in [-0.2, 0) is 19.2 Å². The molecule has 0 bridgehead atoms. The molecule has 0 aliphatic heterocycles. The molecule has 7 N–H and O–H groups in total. The highest BCUT2D eigenvalue weighted by atomic mass is 31.0. The van der Waals surface area contributed by atoms with Crippen molar-refractivity contribution < 1.29 is 39.6 Å². The van der Waals surface area contributed by atoms with Crippen molar-refractivity contribution >= 4 is 33.2 Å². The number of unbranched alkanes of at least 4 members (excludes halogenated alkanes) is 12. The van der Waals surface area contributed by atoms with Gasteiger partial charge in [-0.15, -0.1) is 0 Å². The van der Waals surface area contributed by atoms with Crippen LogP contribution in [-0.4, -0.2) is 69.1 Å². The maximum Gasteiger partial charge on any atom is 0.326 e. The molecule has 228 valence electrons. The first kappa shape index (κ1) is 37.2. The number of aliphatic hydroxyl groups is 1. The second-order valence-electron chi connectivity index (χ2n) is 10.2. The molecule has 0 rings (SSSR count). The standard InChI is InChI=1S/C27H52N3O8P/c31-23(28-20-14-13-15-22(30-39)27(37)38)19-18-21(26(35)36)29-24(32)16-11-9-7-5-3-1-2-4-6-8-10-12-17-25(33)34/h21-23,28,30-31H,1-20,39H2,(H,29,32)(H,33,34)(H,35,36)(H,37,38)/t21-,22-,23?/m0/s1. The van der Waals surface area contributed by atoms with Crippen LogP contribution < -0.4 is 15.7 Å². The van der Waals surface area contributed by atoms with Crippen molar-refractivity contribution in [3.05, 3.63) is 0 Å². The first-order valence-electron chi connectivity index (χ1n) is 14.5. The van der Waals surface area contributed by atoms with Gasteiger partial charge in [-0.05, 0) is 45.1 Å². The molecule has 0 saturated heterocycles. The Balaban J connectivity index is 3.77. The minimum atomic E-state index is -1.12. The molecule has 0 spiro atoms. The van der Waals surface area contributed by atoms with Crippen LogP contribution in [0.15, 0.2) is 0 Å². The van der Waals surface area contributed by atoms with E-state index >= 15 is 0 Å². The molecule has 0 fully saturated rings. The van der Waals surface area contributed by atoms with Crippen molar-refractivity contribution in [2.45, 2.75) is 140 Å². The van der Waals surface area contributed by atoms with Gasteiger partial charge in [-0.2, -0.15) is 0 Å². The molecule has 0 aromatic carbocycles. The van der Waals surface area contributed by atoms with E-state index in [4.69, 9.17) is 10.2 Å². The Kier molecular flexibility index (Phi) is 24.0. The Morgan fingerprint density at radius 3 is 1.54 bits per heavy atom. The first-order valence-corrected chi connectivity index (χ1v) is 15.1. The maximum absolute atomic E-state index is 12.2. The van der Waals surface area contributed by atoms with Crippen LogP contribution in [0.2, 0.25) is 0 Å². The molecule has 0 aliphatic rings. The van der Waals surface area contributed by atoms with E-state index in [0.717, 1.165) is 44.9 Å². The Morgan fingerprint density at radius 2 is 1.08 bits per heavy atom. The fraction of sp³-hybridized carbons (Fsp3) is 0.852. The van der Waals surface area contributed by atoms with Gasteiger partial charge in [0.2, 0.25) is 5.91 Å². The van der Waals surface area contributed by atoms with Crippen molar-refractivity contribution in [2.75, 3.05) is 6.54 Å². The molecule has 39 heavy (non-hydrogen) atoms. The minimum absolute atomic E-state index is 0.107. The zero-order valence-corrected chi connectivity index (χ0v) is 24.5. The number of nitrogens with one attached hydrogen (secondary N) is 3. The van der Waals surface area contributed by atoms with Gasteiger partial charge in [0.1, 0.15) is 18.3 Å². The van der Waals surface area contributed by atoms with E-state index in [1.54, 1.807) is 0 Å². The lowest BCUT2D eigenvalue weighted by molar-refractivity contribution is -0.142. The van der Waals surface area contributed by atoms with Crippen molar-refractivity contribution in [3.8, 4) is 0 Å². The van der Waals surface area contributed by atoms with Crippen LogP contribution in [0.3, 0.4) is 0 Å². The number of aliphatic carboxylic acids is 3. The van der Waals surface area contributed by atoms with Crippen LogP contribution >= 0.6 is 9.39 Å². The molecule has 0 radical (unpaired) electrons. The highest BCUT2D eigenvalue weighted by molar-refractivity contribution is 7.13. The molecule has 0 aromatic rings. The minimum Gasteiger partial charge on any atom is -0.481 e. The Labute approximate surface area is 235 Å². The summed E-state index contributed by atoms with van der Waals surface area (Å²) in [5.74, 6) is -3.05. The molecule has 12 heteroatoms. The molecular formula is C27H52N3O8P. The van der Waals surface area contributed by atoms with E-state index in [-0.39, 0.29) is 31.6 Å². The molecule has 0 saturated carbocycles. The van der Waals surface area contributed by atoms with Gasteiger partial charge in [-0.1, -0.05) is 80.0 Å². The molecular weight excluding hydrogens is 525 g/mol. The van der Waals surface area contributed by atoms with Crippen molar-refractivity contribution in [1.29, 1.82) is 0 Å². The van der Waals surface area contributed by atoms with E-state index in [1.165, 1.54) is 25.7 Å². The average molecular weight is 578 g/mol. The van der Waals surface area contributed by atoms with E-state index in [1.807, 2.05) is 0 Å². The van der Waals surface area contributed by atoms with Crippen LogP contribution in [0.5, 0.6) is 0 Å². The average Bonchev–Trinajstić information content (AvgIpc) is 2.88. The highest BCUT2D eigenvalue weighted by Gasteiger charge is 2.21. The third-order valence-corrected chi connectivity index (χ3v) is 7.11. The van der Waals surface area contributed by atoms with E-state index in [9.17, 15) is 29.4 Å².